The number of thioether (sulfide) groups is 1. The third-order valence-corrected chi connectivity index (χ3v) is 6.60. The van der Waals surface area contributed by atoms with E-state index < -0.39 is 23.4 Å². The van der Waals surface area contributed by atoms with Crippen LogP contribution in [-0.2, 0) is 16.0 Å². The van der Waals surface area contributed by atoms with Gasteiger partial charge in [-0.2, -0.15) is 9.69 Å². The fraction of sp³-hybridized carbons (Fsp3) is 0.304. The van der Waals surface area contributed by atoms with Gasteiger partial charge >= 0.3 is 6.03 Å². The van der Waals surface area contributed by atoms with E-state index in [-0.39, 0.29) is 5.75 Å². The monoisotopic (exact) mass is 479 g/mol. The fourth-order valence-corrected chi connectivity index (χ4v) is 4.50. The number of carbonyl (C=O) groups is 3. The number of nitrogens with one attached hydrogen (secondary N) is 2. The van der Waals surface area contributed by atoms with Gasteiger partial charge in [-0.25, -0.2) is 4.79 Å². The van der Waals surface area contributed by atoms with Gasteiger partial charge in [0, 0.05) is 0 Å². The second kappa shape index (κ2) is 9.64. The number of para-hydroxylation sites is 1. The molecule has 1 saturated heterocycles. The van der Waals surface area contributed by atoms with Crippen LogP contribution < -0.4 is 10.7 Å². The number of aryl methyl sites for hydroxylation is 3. The van der Waals surface area contributed by atoms with Crippen LogP contribution in [0, 0.1) is 13.8 Å². The predicted molar refractivity (Wildman–Crippen MR) is 126 cm³/mol. The molecule has 11 heteroatoms. The van der Waals surface area contributed by atoms with E-state index in [9.17, 15) is 14.4 Å². The van der Waals surface area contributed by atoms with Crippen molar-refractivity contribution in [3.8, 4) is 5.69 Å². The minimum absolute atomic E-state index is 0.0803. The minimum atomic E-state index is -1.10. The van der Waals surface area contributed by atoms with E-state index in [2.05, 4.69) is 26.3 Å². The molecule has 4 rings (SSSR count). The lowest BCUT2D eigenvalue weighted by molar-refractivity contribution is -0.138. The fourth-order valence-electron chi connectivity index (χ4n) is 3.83. The normalized spacial score (nSPS) is 17.7. The molecule has 2 aromatic carbocycles. The molecule has 0 spiro atoms. The lowest BCUT2D eigenvalue weighted by atomic mass is 9.93. The van der Waals surface area contributed by atoms with Gasteiger partial charge in [-0.3, -0.25) is 15.0 Å². The summed E-state index contributed by atoms with van der Waals surface area (Å²) in [6.45, 7) is 5.57. The summed E-state index contributed by atoms with van der Waals surface area (Å²) in [5.74, 6) is -1.09. The zero-order valence-electron chi connectivity index (χ0n) is 19.1. The molecular formula is C23H25N7O3S. The van der Waals surface area contributed by atoms with Crippen molar-refractivity contribution in [2.45, 2.75) is 44.3 Å². The van der Waals surface area contributed by atoms with Gasteiger partial charge in [0.15, 0.2) is 0 Å². The molecule has 1 atom stereocenters. The van der Waals surface area contributed by atoms with Crippen molar-refractivity contribution in [2.24, 2.45) is 0 Å². The van der Waals surface area contributed by atoms with Gasteiger partial charge in [0.2, 0.25) is 11.1 Å². The van der Waals surface area contributed by atoms with Crippen LogP contribution in [0.1, 0.15) is 30.0 Å². The Labute approximate surface area is 201 Å². The van der Waals surface area contributed by atoms with Crippen molar-refractivity contribution in [3.05, 3.63) is 65.2 Å². The first-order valence-corrected chi connectivity index (χ1v) is 11.7. The third-order valence-electron chi connectivity index (χ3n) is 5.68. The summed E-state index contributed by atoms with van der Waals surface area (Å²) < 4.78 is 1.58. The number of hydrogen-bond acceptors (Lipinski definition) is 7. The van der Waals surface area contributed by atoms with Crippen molar-refractivity contribution < 1.29 is 14.4 Å². The molecule has 0 saturated carbocycles. The average Bonchev–Trinajstić information content (AvgIpc) is 3.35. The Bertz CT molecular complexity index is 1210. The van der Waals surface area contributed by atoms with Crippen LogP contribution in [-0.4, -0.2) is 54.4 Å². The Morgan fingerprint density at radius 3 is 2.50 bits per heavy atom. The van der Waals surface area contributed by atoms with Gasteiger partial charge in [-0.15, -0.1) is 5.10 Å². The van der Waals surface area contributed by atoms with E-state index >= 15 is 0 Å². The van der Waals surface area contributed by atoms with Crippen molar-refractivity contribution in [1.29, 1.82) is 0 Å². The molecule has 10 nitrogen and oxygen atoms in total. The number of tetrazole rings is 1. The molecule has 3 aromatic rings. The highest BCUT2D eigenvalue weighted by Crippen LogP contribution is 2.24. The summed E-state index contributed by atoms with van der Waals surface area (Å²) in [5, 5.41) is 15.7. The zero-order valence-corrected chi connectivity index (χ0v) is 19.9. The highest BCUT2D eigenvalue weighted by molar-refractivity contribution is 7.99. The molecule has 0 unspecified atom stereocenters. The first-order valence-electron chi connectivity index (χ1n) is 10.8. The topological polar surface area (TPSA) is 122 Å². The third kappa shape index (κ3) is 4.79. The summed E-state index contributed by atoms with van der Waals surface area (Å²) in [7, 11) is 0. The quantitative estimate of drug-likeness (QED) is 0.376. The lowest BCUT2D eigenvalue weighted by Gasteiger charge is -2.21. The number of hydrazine groups is 1. The van der Waals surface area contributed by atoms with Gasteiger partial charge in [-0.05, 0) is 60.7 Å². The molecule has 2 heterocycles. The van der Waals surface area contributed by atoms with Crippen molar-refractivity contribution in [1.82, 2.24) is 36.0 Å². The Kier molecular flexibility index (Phi) is 6.64. The maximum absolute atomic E-state index is 12.9. The van der Waals surface area contributed by atoms with Gasteiger partial charge in [0.25, 0.3) is 5.91 Å². The molecular weight excluding hydrogens is 454 g/mol. The molecule has 2 N–H and O–H groups in total. The zero-order chi connectivity index (χ0) is 24.3. The minimum Gasteiger partial charge on any atom is -0.322 e. The number of nitrogens with zero attached hydrogens (tertiary/aromatic N) is 5. The van der Waals surface area contributed by atoms with E-state index in [0.29, 0.717) is 18.0 Å². The standard InChI is InChI=1S/C23H25N7O3S/c1-15-8-7-9-16(2)19(15)29-22(25-27-28-29)34-14-18(31)26-30-20(32)23(3,24-21(30)33)13-12-17-10-5-4-6-11-17/h4-11H,12-14H2,1-3H3,(H,24,33)(H,26,31)/t23-/m1/s1. The second-order valence-electron chi connectivity index (χ2n) is 8.33. The van der Waals surface area contributed by atoms with Gasteiger partial charge in [-0.1, -0.05) is 60.3 Å². The second-order valence-corrected chi connectivity index (χ2v) is 9.27. The van der Waals surface area contributed by atoms with E-state index in [1.54, 1.807) is 11.6 Å². The maximum Gasteiger partial charge on any atom is 0.344 e. The van der Waals surface area contributed by atoms with E-state index in [1.165, 1.54) is 0 Å². The highest BCUT2D eigenvalue weighted by atomic mass is 32.2. The molecule has 4 amide bonds. The molecule has 0 aliphatic carbocycles. The summed E-state index contributed by atoms with van der Waals surface area (Å²) >= 11 is 1.11. The largest absolute Gasteiger partial charge is 0.344 e. The van der Waals surface area contributed by atoms with Crippen molar-refractivity contribution in [2.75, 3.05) is 5.75 Å². The van der Waals surface area contributed by atoms with Crippen LogP contribution in [0.4, 0.5) is 4.79 Å². The Hall–Kier alpha value is -3.73. The number of hydrogen-bond donors (Lipinski definition) is 2. The van der Waals surface area contributed by atoms with E-state index in [0.717, 1.165) is 39.1 Å². The Balaban J connectivity index is 1.37. The summed E-state index contributed by atoms with van der Waals surface area (Å²) in [6.07, 6.45) is 1.02. The molecule has 1 aliphatic heterocycles. The number of carbonyl (C=O) groups excluding carboxylic acids is 3. The van der Waals surface area contributed by atoms with Gasteiger partial charge in [0.05, 0.1) is 11.4 Å². The average molecular weight is 480 g/mol. The van der Waals surface area contributed by atoms with Crippen LogP contribution >= 0.6 is 11.8 Å². The number of aromatic nitrogens is 4. The highest BCUT2D eigenvalue weighted by Gasteiger charge is 2.48. The van der Waals surface area contributed by atoms with E-state index in [4.69, 9.17) is 0 Å². The number of rotatable bonds is 8. The first kappa shape index (κ1) is 23.4. The number of imide groups is 1. The smallest absolute Gasteiger partial charge is 0.322 e. The Morgan fingerprint density at radius 2 is 1.79 bits per heavy atom. The van der Waals surface area contributed by atoms with Crippen LogP contribution in [0.2, 0.25) is 0 Å². The molecule has 176 valence electrons. The number of benzene rings is 2. The van der Waals surface area contributed by atoms with Crippen molar-refractivity contribution in [3.63, 3.8) is 0 Å². The van der Waals surface area contributed by atoms with Crippen LogP contribution in [0.25, 0.3) is 5.69 Å². The molecule has 1 aliphatic rings. The molecule has 0 radical (unpaired) electrons. The van der Waals surface area contributed by atoms with Gasteiger partial charge in [0.1, 0.15) is 5.54 Å². The Morgan fingerprint density at radius 1 is 1.09 bits per heavy atom. The molecule has 0 bridgehead atoms. The van der Waals surface area contributed by atoms with E-state index in [1.807, 2.05) is 62.4 Å². The summed E-state index contributed by atoms with van der Waals surface area (Å²) in [4.78, 5) is 37.9. The summed E-state index contributed by atoms with van der Waals surface area (Å²) in [6, 6.07) is 14.9. The number of urea groups is 1. The predicted octanol–water partition coefficient (Wildman–Crippen LogP) is 2.35. The first-order chi connectivity index (χ1) is 16.3. The molecule has 1 aromatic heterocycles. The van der Waals surface area contributed by atoms with Crippen LogP contribution in [0.15, 0.2) is 53.7 Å². The molecule has 34 heavy (non-hydrogen) atoms. The van der Waals surface area contributed by atoms with Crippen LogP contribution in [0.3, 0.4) is 0 Å². The van der Waals surface area contributed by atoms with Gasteiger partial charge < -0.3 is 5.32 Å². The summed E-state index contributed by atoms with van der Waals surface area (Å²) in [5.41, 5.74) is 5.21. The van der Waals surface area contributed by atoms with Crippen LogP contribution in [0.5, 0.6) is 0 Å². The number of amides is 4. The SMILES string of the molecule is Cc1cccc(C)c1-n1nnnc1SCC(=O)NN1C(=O)N[C@](C)(CCc2ccccc2)C1=O. The maximum atomic E-state index is 12.9. The van der Waals surface area contributed by atoms with Crippen molar-refractivity contribution >= 4 is 29.6 Å². The molecule has 1 fully saturated rings. The lowest BCUT2D eigenvalue weighted by Crippen LogP contribution is -2.49.